The van der Waals surface area contributed by atoms with Crippen molar-refractivity contribution < 1.29 is 0 Å². The fraction of sp³-hybridized carbons (Fsp3) is 0.571. The molecule has 1 N–H and O–H groups in total. The van der Waals surface area contributed by atoms with Gasteiger partial charge in [-0.25, -0.2) is 0 Å². The second-order valence-electron chi connectivity index (χ2n) is 4.95. The molecule has 1 aromatic carbocycles. The molecule has 1 atom stereocenters. The molecule has 96 valence electrons. The minimum Gasteiger partial charge on any atom is -0.310 e. The summed E-state index contributed by atoms with van der Waals surface area (Å²) in [5.74, 6) is 0.753. The highest BCUT2D eigenvalue weighted by molar-refractivity contribution is 6.35. The molecule has 0 amide bonds. The van der Waals surface area contributed by atoms with E-state index in [0.717, 1.165) is 28.1 Å². The van der Waals surface area contributed by atoms with Crippen molar-refractivity contribution in [3.63, 3.8) is 0 Å². The molecule has 0 spiro atoms. The summed E-state index contributed by atoms with van der Waals surface area (Å²) < 4.78 is 0. The van der Waals surface area contributed by atoms with Gasteiger partial charge < -0.3 is 5.32 Å². The van der Waals surface area contributed by atoms with Crippen LogP contribution in [-0.2, 0) is 6.54 Å². The molecule has 0 aliphatic rings. The SMILES string of the molecule is CC(C)CCC(C)NCc1c(Cl)cccc1Cl. The first-order valence-electron chi connectivity index (χ1n) is 6.17. The van der Waals surface area contributed by atoms with Crippen LogP contribution in [0.5, 0.6) is 0 Å². The minimum atomic E-state index is 0.490. The Balaban J connectivity index is 2.44. The maximum atomic E-state index is 6.12. The fourth-order valence-corrected chi connectivity index (χ4v) is 2.19. The Morgan fingerprint density at radius 2 is 1.65 bits per heavy atom. The van der Waals surface area contributed by atoms with E-state index in [9.17, 15) is 0 Å². The molecule has 17 heavy (non-hydrogen) atoms. The average molecular weight is 274 g/mol. The maximum absolute atomic E-state index is 6.12. The van der Waals surface area contributed by atoms with Gasteiger partial charge in [0, 0.05) is 28.2 Å². The predicted octanol–water partition coefficient (Wildman–Crippen LogP) is 4.91. The first kappa shape index (κ1) is 14.8. The lowest BCUT2D eigenvalue weighted by Gasteiger charge is -2.16. The molecule has 0 saturated heterocycles. The van der Waals surface area contributed by atoms with Crippen LogP contribution >= 0.6 is 23.2 Å². The third-order valence-electron chi connectivity index (χ3n) is 2.87. The molecule has 0 bridgehead atoms. The highest BCUT2D eigenvalue weighted by Gasteiger charge is 2.08. The number of benzene rings is 1. The molecule has 1 aromatic rings. The van der Waals surface area contributed by atoms with Gasteiger partial charge in [0.2, 0.25) is 0 Å². The van der Waals surface area contributed by atoms with Gasteiger partial charge >= 0.3 is 0 Å². The van der Waals surface area contributed by atoms with Gasteiger partial charge in [-0.15, -0.1) is 0 Å². The minimum absolute atomic E-state index is 0.490. The number of hydrogen-bond donors (Lipinski definition) is 1. The number of halogens is 2. The molecule has 0 aliphatic heterocycles. The van der Waals surface area contributed by atoms with E-state index in [1.165, 1.54) is 12.8 Å². The number of rotatable bonds is 6. The highest BCUT2D eigenvalue weighted by atomic mass is 35.5. The zero-order valence-electron chi connectivity index (χ0n) is 10.8. The van der Waals surface area contributed by atoms with Gasteiger partial charge in [-0.2, -0.15) is 0 Å². The lowest BCUT2D eigenvalue weighted by atomic mass is 10.0. The average Bonchev–Trinajstić information content (AvgIpc) is 2.25. The number of hydrogen-bond acceptors (Lipinski definition) is 1. The summed E-state index contributed by atoms with van der Waals surface area (Å²) in [6.45, 7) is 7.43. The van der Waals surface area contributed by atoms with Gasteiger partial charge in [-0.05, 0) is 37.8 Å². The van der Waals surface area contributed by atoms with Gasteiger partial charge in [0.25, 0.3) is 0 Å². The Kier molecular flexibility index (Phi) is 6.32. The van der Waals surface area contributed by atoms with Crippen molar-refractivity contribution in [3.8, 4) is 0 Å². The van der Waals surface area contributed by atoms with Crippen LogP contribution in [0.1, 0.15) is 39.2 Å². The monoisotopic (exact) mass is 273 g/mol. The molecule has 1 rings (SSSR count). The van der Waals surface area contributed by atoms with Gasteiger partial charge in [0.1, 0.15) is 0 Å². The van der Waals surface area contributed by atoms with E-state index in [1.807, 2.05) is 18.2 Å². The molecule has 1 unspecified atom stereocenters. The van der Waals surface area contributed by atoms with Crippen LogP contribution in [0.3, 0.4) is 0 Å². The van der Waals surface area contributed by atoms with E-state index in [2.05, 4.69) is 26.1 Å². The van der Waals surface area contributed by atoms with Crippen molar-refractivity contribution in [2.24, 2.45) is 5.92 Å². The van der Waals surface area contributed by atoms with Gasteiger partial charge in [0.05, 0.1) is 0 Å². The van der Waals surface area contributed by atoms with Crippen molar-refractivity contribution in [2.75, 3.05) is 0 Å². The van der Waals surface area contributed by atoms with Crippen molar-refractivity contribution in [1.82, 2.24) is 5.32 Å². The largest absolute Gasteiger partial charge is 0.310 e. The first-order chi connectivity index (χ1) is 8.00. The molecule has 3 heteroatoms. The lowest BCUT2D eigenvalue weighted by molar-refractivity contribution is 0.451. The third-order valence-corrected chi connectivity index (χ3v) is 3.57. The van der Waals surface area contributed by atoms with E-state index in [4.69, 9.17) is 23.2 Å². The summed E-state index contributed by atoms with van der Waals surface area (Å²) >= 11 is 12.2. The molecule has 0 saturated carbocycles. The molecule has 0 fully saturated rings. The maximum Gasteiger partial charge on any atom is 0.0465 e. The summed E-state index contributed by atoms with van der Waals surface area (Å²) in [7, 11) is 0. The van der Waals surface area contributed by atoms with Crippen molar-refractivity contribution in [2.45, 2.75) is 46.2 Å². The zero-order valence-corrected chi connectivity index (χ0v) is 12.3. The fourth-order valence-electron chi connectivity index (χ4n) is 1.66. The first-order valence-corrected chi connectivity index (χ1v) is 6.92. The topological polar surface area (TPSA) is 12.0 Å². The van der Waals surface area contributed by atoms with Crippen LogP contribution in [0.2, 0.25) is 10.0 Å². The summed E-state index contributed by atoms with van der Waals surface area (Å²) in [6.07, 6.45) is 2.42. The molecule has 0 radical (unpaired) electrons. The highest BCUT2D eigenvalue weighted by Crippen LogP contribution is 2.24. The van der Waals surface area contributed by atoms with Crippen LogP contribution in [0.15, 0.2) is 18.2 Å². The molecular formula is C14H21Cl2N. The van der Waals surface area contributed by atoms with Crippen LogP contribution in [0.4, 0.5) is 0 Å². The standard InChI is InChI=1S/C14H21Cl2N/c1-10(2)7-8-11(3)17-9-12-13(15)5-4-6-14(12)16/h4-6,10-11,17H,7-9H2,1-3H3. The van der Waals surface area contributed by atoms with E-state index >= 15 is 0 Å². The molecular weight excluding hydrogens is 253 g/mol. The predicted molar refractivity (Wildman–Crippen MR) is 76.8 cm³/mol. The van der Waals surface area contributed by atoms with Crippen molar-refractivity contribution in [3.05, 3.63) is 33.8 Å². The van der Waals surface area contributed by atoms with Crippen LogP contribution in [-0.4, -0.2) is 6.04 Å². The van der Waals surface area contributed by atoms with Gasteiger partial charge in [-0.1, -0.05) is 43.1 Å². The Hall–Kier alpha value is -0.240. The Morgan fingerprint density at radius 1 is 1.06 bits per heavy atom. The molecule has 0 heterocycles. The zero-order chi connectivity index (χ0) is 12.8. The molecule has 0 aromatic heterocycles. The van der Waals surface area contributed by atoms with E-state index in [-0.39, 0.29) is 0 Å². The third kappa shape index (κ3) is 5.29. The van der Waals surface area contributed by atoms with Gasteiger partial charge in [-0.3, -0.25) is 0 Å². The van der Waals surface area contributed by atoms with E-state index in [0.29, 0.717) is 6.04 Å². The summed E-state index contributed by atoms with van der Waals surface area (Å²) in [5, 5.41) is 4.94. The summed E-state index contributed by atoms with van der Waals surface area (Å²) in [6, 6.07) is 6.12. The van der Waals surface area contributed by atoms with Crippen LogP contribution < -0.4 is 5.32 Å². The van der Waals surface area contributed by atoms with E-state index < -0.39 is 0 Å². The van der Waals surface area contributed by atoms with Crippen molar-refractivity contribution >= 4 is 23.2 Å². The summed E-state index contributed by atoms with van der Waals surface area (Å²) in [4.78, 5) is 0. The Morgan fingerprint density at radius 3 is 2.18 bits per heavy atom. The Labute approximate surface area is 115 Å². The lowest BCUT2D eigenvalue weighted by Crippen LogP contribution is -2.26. The molecule has 0 aliphatic carbocycles. The summed E-state index contributed by atoms with van der Waals surface area (Å²) in [5.41, 5.74) is 0.993. The molecule has 1 nitrogen and oxygen atoms in total. The van der Waals surface area contributed by atoms with Gasteiger partial charge in [0.15, 0.2) is 0 Å². The second-order valence-corrected chi connectivity index (χ2v) is 5.77. The Bertz CT molecular complexity index is 330. The van der Waals surface area contributed by atoms with E-state index in [1.54, 1.807) is 0 Å². The normalized spacial score (nSPS) is 13.1. The van der Waals surface area contributed by atoms with Crippen molar-refractivity contribution in [1.29, 1.82) is 0 Å². The van der Waals surface area contributed by atoms with Crippen LogP contribution in [0.25, 0.3) is 0 Å². The number of nitrogens with one attached hydrogen (secondary N) is 1. The quantitative estimate of drug-likeness (QED) is 0.777. The van der Waals surface area contributed by atoms with Crippen LogP contribution in [0, 0.1) is 5.92 Å². The second kappa shape index (κ2) is 7.25. The smallest absolute Gasteiger partial charge is 0.0465 e.